The zero-order valence-corrected chi connectivity index (χ0v) is 12.4. The van der Waals surface area contributed by atoms with Crippen LogP contribution in [0, 0.1) is 0 Å². The number of thiophene rings is 1. The third-order valence-electron chi connectivity index (χ3n) is 2.54. The number of hydrogen-bond donors (Lipinski definition) is 3. The summed E-state index contributed by atoms with van der Waals surface area (Å²) in [6.07, 6.45) is -0.190. The molecule has 1 unspecified atom stereocenters. The first-order valence-corrected chi connectivity index (χ1v) is 6.97. The van der Waals surface area contributed by atoms with Crippen LogP contribution in [0.5, 0.6) is 0 Å². The lowest BCUT2D eigenvalue weighted by Gasteiger charge is -2.26. The molecule has 1 aromatic heterocycles. The maximum Gasteiger partial charge on any atom is 0.305 e. The Bertz CT molecular complexity index is 496. The molecule has 0 aliphatic rings. The Kier molecular flexibility index (Phi) is 5.26. The van der Waals surface area contributed by atoms with Crippen molar-refractivity contribution in [2.75, 3.05) is 0 Å². The second-order valence-corrected chi connectivity index (χ2v) is 6.06. The molecule has 110 valence electrons. The van der Waals surface area contributed by atoms with E-state index in [1.54, 1.807) is 38.3 Å². The third kappa shape index (κ3) is 5.00. The summed E-state index contributed by atoms with van der Waals surface area (Å²) in [7, 11) is 0. The topological polar surface area (TPSA) is 95.5 Å². The van der Waals surface area contributed by atoms with Crippen LogP contribution in [-0.4, -0.2) is 34.5 Å². The van der Waals surface area contributed by atoms with Crippen LogP contribution in [0.4, 0.5) is 0 Å². The van der Waals surface area contributed by atoms with Gasteiger partial charge in [-0.25, -0.2) is 0 Å². The van der Waals surface area contributed by atoms with Crippen molar-refractivity contribution in [2.24, 2.45) is 0 Å². The van der Waals surface area contributed by atoms with Gasteiger partial charge in [0.05, 0.1) is 11.3 Å². The highest BCUT2D eigenvalue weighted by Gasteiger charge is 2.27. The summed E-state index contributed by atoms with van der Waals surface area (Å²) in [5.41, 5.74) is -0.870. The smallest absolute Gasteiger partial charge is 0.305 e. The first kappa shape index (κ1) is 16.2. The molecule has 2 amide bonds. The van der Waals surface area contributed by atoms with Crippen molar-refractivity contribution < 1.29 is 19.5 Å². The molecule has 0 saturated carbocycles. The summed E-state index contributed by atoms with van der Waals surface area (Å²) >= 11 is 1.28. The van der Waals surface area contributed by atoms with E-state index in [1.165, 1.54) is 11.3 Å². The van der Waals surface area contributed by atoms with Gasteiger partial charge in [0.15, 0.2) is 0 Å². The second kappa shape index (κ2) is 6.51. The van der Waals surface area contributed by atoms with Gasteiger partial charge >= 0.3 is 5.97 Å². The average Bonchev–Trinajstić information content (AvgIpc) is 2.79. The summed E-state index contributed by atoms with van der Waals surface area (Å²) in [4.78, 5) is 34.9. The van der Waals surface area contributed by atoms with Gasteiger partial charge in [0.1, 0.15) is 6.04 Å². The molecule has 0 spiro atoms. The Labute approximate surface area is 121 Å². The number of carbonyl (C=O) groups is 3. The summed E-state index contributed by atoms with van der Waals surface area (Å²) in [6, 6.07) is 2.68. The van der Waals surface area contributed by atoms with E-state index in [4.69, 9.17) is 5.11 Å². The Hall–Kier alpha value is -1.89. The van der Waals surface area contributed by atoms with Gasteiger partial charge in [-0.1, -0.05) is 6.07 Å². The molecule has 0 aromatic carbocycles. The normalized spacial score (nSPS) is 12.6. The number of rotatable bonds is 6. The quantitative estimate of drug-likeness (QED) is 0.736. The number of carboxylic acid groups (broad SMARTS) is 1. The summed E-state index contributed by atoms with van der Waals surface area (Å²) in [5, 5.41) is 15.7. The molecule has 1 rings (SSSR count). The zero-order valence-electron chi connectivity index (χ0n) is 11.6. The standard InChI is InChI=1S/C13H18N2O4S/c1-8(14-12(19)9-5-4-6-20-9)11(18)15-13(2,3)7-10(16)17/h4-6,8H,7H2,1-3H3,(H,14,19)(H,15,18)(H,16,17). The van der Waals surface area contributed by atoms with Crippen molar-refractivity contribution in [3.8, 4) is 0 Å². The molecule has 0 aliphatic heterocycles. The number of aliphatic carboxylic acids is 1. The van der Waals surface area contributed by atoms with Gasteiger partial charge in [-0.2, -0.15) is 0 Å². The number of amides is 2. The minimum absolute atomic E-state index is 0.190. The lowest BCUT2D eigenvalue weighted by Crippen LogP contribution is -2.52. The average molecular weight is 298 g/mol. The fraction of sp³-hybridized carbons (Fsp3) is 0.462. The summed E-state index contributed by atoms with van der Waals surface area (Å²) in [5.74, 6) is -1.73. The van der Waals surface area contributed by atoms with Crippen LogP contribution < -0.4 is 10.6 Å². The van der Waals surface area contributed by atoms with E-state index < -0.39 is 23.5 Å². The maximum absolute atomic E-state index is 11.9. The van der Waals surface area contributed by atoms with Crippen molar-refractivity contribution in [1.82, 2.24) is 10.6 Å². The zero-order chi connectivity index (χ0) is 15.3. The molecule has 0 radical (unpaired) electrons. The number of carboxylic acids is 1. The molecule has 0 aliphatic carbocycles. The van der Waals surface area contributed by atoms with Gasteiger partial charge in [-0.05, 0) is 32.2 Å². The molecule has 20 heavy (non-hydrogen) atoms. The van der Waals surface area contributed by atoms with E-state index in [-0.39, 0.29) is 12.3 Å². The third-order valence-corrected chi connectivity index (χ3v) is 3.41. The van der Waals surface area contributed by atoms with Gasteiger partial charge in [0, 0.05) is 5.54 Å². The number of nitrogens with one attached hydrogen (secondary N) is 2. The largest absolute Gasteiger partial charge is 0.481 e. The fourth-order valence-electron chi connectivity index (χ4n) is 1.61. The Morgan fingerprint density at radius 1 is 1.40 bits per heavy atom. The van der Waals surface area contributed by atoms with Crippen molar-refractivity contribution in [1.29, 1.82) is 0 Å². The lowest BCUT2D eigenvalue weighted by atomic mass is 10.0. The van der Waals surface area contributed by atoms with E-state index in [0.29, 0.717) is 4.88 Å². The van der Waals surface area contributed by atoms with E-state index >= 15 is 0 Å². The van der Waals surface area contributed by atoms with Crippen LogP contribution in [0.25, 0.3) is 0 Å². The number of carbonyl (C=O) groups excluding carboxylic acids is 2. The first-order valence-electron chi connectivity index (χ1n) is 6.09. The van der Waals surface area contributed by atoms with Crippen LogP contribution in [0.3, 0.4) is 0 Å². The molecular weight excluding hydrogens is 280 g/mol. The molecule has 0 bridgehead atoms. The minimum Gasteiger partial charge on any atom is -0.481 e. The SMILES string of the molecule is CC(NC(=O)c1cccs1)C(=O)NC(C)(C)CC(=O)O. The van der Waals surface area contributed by atoms with Crippen molar-refractivity contribution in [3.63, 3.8) is 0 Å². The van der Waals surface area contributed by atoms with Crippen molar-refractivity contribution in [2.45, 2.75) is 38.8 Å². The van der Waals surface area contributed by atoms with E-state index in [1.807, 2.05) is 0 Å². The Balaban J connectivity index is 2.55. The highest BCUT2D eigenvalue weighted by atomic mass is 32.1. The van der Waals surface area contributed by atoms with Crippen LogP contribution in [0.2, 0.25) is 0 Å². The van der Waals surface area contributed by atoms with Crippen LogP contribution >= 0.6 is 11.3 Å². The monoisotopic (exact) mass is 298 g/mol. The van der Waals surface area contributed by atoms with Gasteiger partial charge in [0.2, 0.25) is 5.91 Å². The predicted octanol–water partition coefficient (Wildman–Crippen LogP) is 1.24. The van der Waals surface area contributed by atoms with Crippen LogP contribution in [0.15, 0.2) is 17.5 Å². The van der Waals surface area contributed by atoms with E-state index in [9.17, 15) is 14.4 Å². The fourth-order valence-corrected chi connectivity index (χ4v) is 2.23. The maximum atomic E-state index is 11.9. The van der Waals surface area contributed by atoms with Gasteiger partial charge < -0.3 is 15.7 Å². The summed E-state index contributed by atoms with van der Waals surface area (Å²) in [6.45, 7) is 4.79. The predicted molar refractivity (Wildman–Crippen MR) is 75.7 cm³/mol. The molecule has 7 heteroatoms. The summed E-state index contributed by atoms with van der Waals surface area (Å²) < 4.78 is 0. The van der Waals surface area contributed by atoms with Gasteiger partial charge in [0.25, 0.3) is 5.91 Å². The van der Waals surface area contributed by atoms with Crippen molar-refractivity contribution in [3.05, 3.63) is 22.4 Å². The number of hydrogen-bond acceptors (Lipinski definition) is 4. The molecule has 6 nitrogen and oxygen atoms in total. The Morgan fingerprint density at radius 3 is 2.55 bits per heavy atom. The molecule has 1 aromatic rings. The molecule has 0 saturated heterocycles. The van der Waals surface area contributed by atoms with Crippen LogP contribution in [-0.2, 0) is 9.59 Å². The van der Waals surface area contributed by atoms with Gasteiger partial charge in [-0.3, -0.25) is 14.4 Å². The Morgan fingerprint density at radius 2 is 2.05 bits per heavy atom. The van der Waals surface area contributed by atoms with Crippen molar-refractivity contribution >= 4 is 29.1 Å². The van der Waals surface area contributed by atoms with Gasteiger partial charge in [-0.15, -0.1) is 11.3 Å². The second-order valence-electron chi connectivity index (χ2n) is 5.12. The van der Waals surface area contributed by atoms with Crippen LogP contribution in [0.1, 0.15) is 36.9 Å². The molecule has 1 heterocycles. The van der Waals surface area contributed by atoms with E-state index in [0.717, 1.165) is 0 Å². The molecular formula is C13H18N2O4S. The molecule has 0 fully saturated rings. The highest BCUT2D eigenvalue weighted by molar-refractivity contribution is 7.12. The molecule has 3 N–H and O–H groups in total. The first-order chi connectivity index (χ1) is 9.21. The highest BCUT2D eigenvalue weighted by Crippen LogP contribution is 2.10. The minimum atomic E-state index is -0.995. The van der Waals surface area contributed by atoms with E-state index in [2.05, 4.69) is 10.6 Å². The lowest BCUT2D eigenvalue weighted by molar-refractivity contribution is -0.138. The molecule has 1 atom stereocenters.